The third-order valence-electron chi connectivity index (χ3n) is 4.99. The van der Waals surface area contributed by atoms with Gasteiger partial charge in [0.05, 0.1) is 16.1 Å². The molecule has 7 heteroatoms. The maximum atomic E-state index is 13.1. The number of nitrogens with zero attached hydrogens (tertiary/aromatic N) is 1. The molecule has 2 aromatic rings. The molecule has 132 valence electrons. The molecule has 1 N–H and O–H groups in total. The molecule has 0 saturated heterocycles. The molecule has 0 fully saturated rings. The minimum absolute atomic E-state index is 0.00970. The first-order chi connectivity index (χ1) is 12.1. The average Bonchev–Trinajstić information content (AvgIpc) is 2.87. The molecule has 1 aliphatic rings. The van der Waals surface area contributed by atoms with Gasteiger partial charge in [-0.05, 0) is 51.0 Å². The molecule has 0 saturated carbocycles. The molecule has 0 aromatic heterocycles. The van der Waals surface area contributed by atoms with E-state index >= 15 is 0 Å². The quantitative estimate of drug-likeness (QED) is 0.396. The number of rotatable bonds is 3. The van der Waals surface area contributed by atoms with Crippen LogP contribution in [0.15, 0.2) is 18.2 Å². The summed E-state index contributed by atoms with van der Waals surface area (Å²) in [5.74, 6) is -1.36. The fourth-order valence-electron chi connectivity index (χ4n) is 3.36. The van der Waals surface area contributed by atoms with Gasteiger partial charge in [0.1, 0.15) is 0 Å². The molecule has 3 rings (SSSR count). The Hall–Kier alpha value is -3.35. The molecule has 1 heterocycles. The Morgan fingerprint density at radius 1 is 0.923 bits per heavy atom. The summed E-state index contributed by atoms with van der Waals surface area (Å²) in [4.78, 5) is 47.4. The van der Waals surface area contributed by atoms with Gasteiger partial charge in [-0.15, -0.1) is 0 Å². The molecule has 0 unspecified atom stereocenters. The molecule has 2 amide bonds. The highest BCUT2D eigenvalue weighted by molar-refractivity contribution is 6.23. The monoisotopic (exact) mass is 352 g/mol. The molecular formula is C19H16N2O5. The summed E-state index contributed by atoms with van der Waals surface area (Å²) in [6, 6.07) is 4.33. The van der Waals surface area contributed by atoms with E-state index in [0.29, 0.717) is 27.8 Å². The number of ketones is 1. The first-order valence-electron chi connectivity index (χ1n) is 7.94. The van der Waals surface area contributed by atoms with Gasteiger partial charge in [-0.25, -0.2) is 0 Å². The van der Waals surface area contributed by atoms with Crippen molar-refractivity contribution in [3.8, 4) is 0 Å². The predicted molar refractivity (Wildman–Crippen MR) is 93.7 cm³/mol. The number of fused-ring (bicyclic) bond motifs is 1. The maximum Gasteiger partial charge on any atom is 0.275 e. The largest absolute Gasteiger partial charge is 0.289 e. The summed E-state index contributed by atoms with van der Waals surface area (Å²) in [6.45, 7) is 6.58. The van der Waals surface area contributed by atoms with E-state index in [4.69, 9.17) is 0 Å². The maximum absolute atomic E-state index is 13.1. The molecule has 0 bridgehead atoms. The van der Waals surface area contributed by atoms with Crippen molar-refractivity contribution in [2.24, 2.45) is 0 Å². The zero-order chi connectivity index (χ0) is 19.3. The van der Waals surface area contributed by atoms with Crippen LogP contribution in [-0.2, 0) is 0 Å². The van der Waals surface area contributed by atoms with Crippen molar-refractivity contribution in [2.45, 2.75) is 27.7 Å². The van der Waals surface area contributed by atoms with Crippen molar-refractivity contribution in [1.82, 2.24) is 5.32 Å². The number of hydrogen-bond donors (Lipinski definition) is 1. The van der Waals surface area contributed by atoms with E-state index in [2.05, 4.69) is 5.32 Å². The van der Waals surface area contributed by atoms with E-state index in [1.54, 1.807) is 27.7 Å². The molecule has 0 radical (unpaired) electrons. The van der Waals surface area contributed by atoms with Gasteiger partial charge >= 0.3 is 0 Å². The number of nitro groups is 1. The lowest BCUT2D eigenvalue weighted by atomic mass is 9.87. The Bertz CT molecular complexity index is 1010. The third-order valence-corrected chi connectivity index (χ3v) is 4.99. The van der Waals surface area contributed by atoms with Gasteiger partial charge in [-0.1, -0.05) is 6.07 Å². The topological polar surface area (TPSA) is 106 Å². The summed E-state index contributed by atoms with van der Waals surface area (Å²) in [6.07, 6.45) is 0. The van der Waals surface area contributed by atoms with Gasteiger partial charge in [-0.2, -0.15) is 0 Å². The highest BCUT2D eigenvalue weighted by Gasteiger charge is 2.30. The highest BCUT2D eigenvalue weighted by atomic mass is 16.6. The van der Waals surface area contributed by atoms with E-state index in [9.17, 15) is 24.5 Å². The van der Waals surface area contributed by atoms with E-state index in [1.165, 1.54) is 18.2 Å². The van der Waals surface area contributed by atoms with E-state index < -0.39 is 16.7 Å². The number of hydrogen-bond acceptors (Lipinski definition) is 5. The zero-order valence-electron chi connectivity index (χ0n) is 14.7. The molecule has 26 heavy (non-hydrogen) atoms. The van der Waals surface area contributed by atoms with Crippen LogP contribution in [0, 0.1) is 37.8 Å². The second-order valence-corrected chi connectivity index (χ2v) is 6.35. The van der Waals surface area contributed by atoms with E-state index in [0.717, 1.165) is 0 Å². The van der Waals surface area contributed by atoms with Crippen LogP contribution >= 0.6 is 0 Å². The van der Waals surface area contributed by atoms with Crippen LogP contribution in [-0.4, -0.2) is 22.5 Å². The van der Waals surface area contributed by atoms with Crippen LogP contribution in [0.5, 0.6) is 0 Å². The number of imide groups is 1. The van der Waals surface area contributed by atoms with Crippen LogP contribution in [0.25, 0.3) is 0 Å². The zero-order valence-corrected chi connectivity index (χ0v) is 14.7. The van der Waals surface area contributed by atoms with Crippen LogP contribution < -0.4 is 5.32 Å². The molecule has 2 aromatic carbocycles. The normalized spacial score (nSPS) is 12.8. The average molecular weight is 352 g/mol. The molecule has 0 spiro atoms. The van der Waals surface area contributed by atoms with Crippen molar-refractivity contribution >= 4 is 23.3 Å². The second kappa shape index (κ2) is 5.87. The Morgan fingerprint density at radius 3 is 2.00 bits per heavy atom. The lowest BCUT2D eigenvalue weighted by molar-refractivity contribution is -0.386. The minimum atomic E-state index is -0.538. The lowest BCUT2D eigenvalue weighted by Crippen LogP contribution is -2.19. The van der Waals surface area contributed by atoms with Crippen LogP contribution in [0.1, 0.15) is 58.9 Å². The number of carbonyl (C=O) groups is 3. The van der Waals surface area contributed by atoms with Crippen molar-refractivity contribution in [1.29, 1.82) is 0 Å². The SMILES string of the molecule is Cc1c(C)c([N+](=O)[O-])c(C)c(C)c1C(=O)c1ccc2c(c1)C(=O)NC2=O. The standard InChI is InChI=1S/C19H16N2O5/c1-8-10(3)16(21(25)26)11(4)9(2)15(8)17(22)12-5-6-13-14(7-12)19(24)20-18(13)23/h5-7H,1-4H3,(H,20,23,24). The Morgan fingerprint density at radius 2 is 1.46 bits per heavy atom. The van der Waals surface area contributed by atoms with Gasteiger partial charge in [-0.3, -0.25) is 29.8 Å². The fourth-order valence-corrected chi connectivity index (χ4v) is 3.36. The van der Waals surface area contributed by atoms with Gasteiger partial charge in [0.2, 0.25) is 0 Å². The Labute approximate surface area is 149 Å². The van der Waals surface area contributed by atoms with E-state index in [-0.39, 0.29) is 28.2 Å². The number of amides is 2. The summed E-state index contributed by atoms with van der Waals surface area (Å²) in [5.41, 5.74) is 2.99. The molecule has 0 atom stereocenters. The smallest absolute Gasteiger partial charge is 0.275 e. The first-order valence-corrected chi connectivity index (χ1v) is 7.94. The molecule has 1 aliphatic heterocycles. The summed E-state index contributed by atoms with van der Waals surface area (Å²) < 4.78 is 0. The molecule has 0 aliphatic carbocycles. The number of benzene rings is 2. The third kappa shape index (κ3) is 2.40. The van der Waals surface area contributed by atoms with Gasteiger partial charge < -0.3 is 0 Å². The highest BCUT2D eigenvalue weighted by Crippen LogP contribution is 2.33. The van der Waals surface area contributed by atoms with Crippen LogP contribution in [0.2, 0.25) is 0 Å². The van der Waals surface area contributed by atoms with E-state index in [1.807, 2.05) is 0 Å². The number of nitrogens with one attached hydrogen (secondary N) is 1. The van der Waals surface area contributed by atoms with Crippen molar-refractivity contribution < 1.29 is 19.3 Å². The van der Waals surface area contributed by atoms with Gasteiger partial charge in [0.25, 0.3) is 17.5 Å². The number of nitro benzene ring substituents is 1. The first kappa shape index (κ1) is 17.5. The van der Waals surface area contributed by atoms with Crippen LogP contribution in [0.4, 0.5) is 5.69 Å². The summed E-state index contributed by atoms with van der Waals surface area (Å²) in [5, 5.41) is 13.5. The number of carbonyl (C=O) groups excluding carboxylic acids is 3. The Balaban J connectivity index is 2.18. The fraction of sp³-hybridized carbons (Fsp3) is 0.211. The van der Waals surface area contributed by atoms with Crippen molar-refractivity contribution in [2.75, 3.05) is 0 Å². The minimum Gasteiger partial charge on any atom is -0.289 e. The van der Waals surface area contributed by atoms with Crippen molar-refractivity contribution in [3.63, 3.8) is 0 Å². The molecule has 7 nitrogen and oxygen atoms in total. The van der Waals surface area contributed by atoms with Gasteiger partial charge in [0, 0.05) is 22.3 Å². The van der Waals surface area contributed by atoms with Crippen molar-refractivity contribution in [3.05, 3.63) is 72.8 Å². The predicted octanol–water partition coefficient (Wildman–Crippen LogP) is 2.94. The summed E-state index contributed by atoms with van der Waals surface area (Å²) >= 11 is 0. The second-order valence-electron chi connectivity index (χ2n) is 6.35. The Kier molecular flexibility index (Phi) is 3.95. The summed E-state index contributed by atoms with van der Waals surface area (Å²) in [7, 11) is 0. The van der Waals surface area contributed by atoms with Gasteiger partial charge in [0.15, 0.2) is 5.78 Å². The molecular weight excluding hydrogens is 336 g/mol. The van der Waals surface area contributed by atoms with Crippen LogP contribution in [0.3, 0.4) is 0 Å². The lowest BCUT2D eigenvalue weighted by Gasteiger charge is -2.15.